The van der Waals surface area contributed by atoms with Gasteiger partial charge in [0, 0.05) is 13.1 Å². The number of carboxylic acid groups (broad SMARTS) is 1. The zero-order chi connectivity index (χ0) is 14.9. The van der Waals surface area contributed by atoms with Gasteiger partial charge in [0.1, 0.15) is 4.88 Å². The maximum atomic E-state index is 12.5. The monoisotopic (exact) mass is 315 g/mol. The lowest BCUT2D eigenvalue weighted by Crippen LogP contribution is -2.36. The summed E-state index contributed by atoms with van der Waals surface area (Å²) in [6.07, 6.45) is 1.92. The van der Waals surface area contributed by atoms with Crippen molar-refractivity contribution in [1.29, 1.82) is 0 Å². The van der Waals surface area contributed by atoms with Gasteiger partial charge < -0.3 is 10.0 Å². The van der Waals surface area contributed by atoms with Crippen molar-refractivity contribution < 1.29 is 14.7 Å². The zero-order valence-corrected chi connectivity index (χ0v) is 13.2. The molecule has 0 spiro atoms. The Balaban J connectivity index is 2.18. The third kappa shape index (κ3) is 2.56. The van der Waals surface area contributed by atoms with Crippen molar-refractivity contribution in [2.45, 2.75) is 33.1 Å². The number of likely N-dealkylation sites (tertiary alicyclic amines) is 1. The lowest BCUT2D eigenvalue weighted by molar-refractivity contribution is -0.148. The quantitative estimate of drug-likeness (QED) is 0.926. The van der Waals surface area contributed by atoms with Crippen LogP contribution in [0, 0.1) is 12.3 Å². The SMILES string of the molecule is CCCC1(C(=O)O)CCN(C(=O)c2scc(C)c2Cl)C1. The van der Waals surface area contributed by atoms with E-state index in [0.717, 1.165) is 12.0 Å². The van der Waals surface area contributed by atoms with E-state index in [0.29, 0.717) is 29.3 Å². The maximum Gasteiger partial charge on any atom is 0.311 e. The average Bonchev–Trinajstić information content (AvgIpc) is 2.96. The van der Waals surface area contributed by atoms with E-state index in [-0.39, 0.29) is 12.5 Å². The minimum absolute atomic E-state index is 0.146. The van der Waals surface area contributed by atoms with Crippen LogP contribution in [0.2, 0.25) is 5.02 Å². The van der Waals surface area contributed by atoms with Gasteiger partial charge in [-0.2, -0.15) is 0 Å². The first-order chi connectivity index (χ1) is 9.41. The van der Waals surface area contributed by atoms with E-state index in [1.54, 1.807) is 4.90 Å². The molecule has 1 aliphatic rings. The van der Waals surface area contributed by atoms with E-state index < -0.39 is 11.4 Å². The molecule has 1 aromatic heterocycles. The Morgan fingerprint density at radius 3 is 2.75 bits per heavy atom. The second kappa shape index (κ2) is 5.74. The molecule has 0 bridgehead atoms. The van der Waals surface area contributed by atoms with Crippen molar-refractivity contribution in [1.82, 2.24) is 4.90 Å². The van der Waals surface area contributed by atoms with E-state index in [1.807, 2.05) is 19.2 Å². The lowest BCUT2D eigenvalue weighted by Gasteiger charge is -2.24. The Bertz CT molecular complexity index is 543. The van der Waals surface area contributed by atoms with Gasteiger partial charge in [0.15, 0.2) is 0 Å². The van der Waals surface area contributed by atoms with Crippen LogP contribution in [0.4, 0.5) is 0 Å². The van der Waals surface area contributed by atoms with Gasteiger partial charge in [-0.3, -0.25) is 9.59 Å². The van der Waals surface area contributed by atoms with E-state index in [1.165, 1.54) is 11.3 Å². The van der Waals surface area contributed by atoms with Gasteiger partial charge in [0.2, 0.25) is 0 Å². The molecule has 1 fully saturated rings. The Hall–Kier alpha value is -1.07. The molecule has 0 saturated carbocycles. The van der Waals surface area contributed by atoms with Crippen LogP contribution >= 0.6 is 22.9 Å². The Morgan fingerprint density at radius 1 is 1.55 bits per heavy atom. The van der Waals surface area contributed by atoms with Crippen molar-refractivity contribution in [3.05, 3.63) is 20.8 Å². The van der Waals surface area contributed by atoms with Crippen LogP contribution in [0.1, 0.15) is 41.4 Å². The molecule has 1 amide bonds. The molecule has 2 heterocycles. The second-order valence-electron chi connectivity index (χ2n) is 5.37. The molecule has 0 aliphatic carbocycles. The van der Waals surface area contributed by atoms with Gasteiger partial charge in [-0.05, 0) is 30.7 Å². The summed E-state index contributed by atoms with van der Waals surface area (Å²) in [5.41, 5.74) is 0.0979. The predicted octanol–water partition coefficient (Wildman–Crippen LogP) is 3.43. The summed E-state index contributed by atoms with van der Waals surface area (Å²) < 4.78 is 0. The largest absolute Gasteiger partial charge is 0.481 e. The molecule has 0 aromatic carbocycles. The van der Waals surface area contributed by atoms with Crippen molar-refractivity contribution in [3.63, 3.8) is 0 Å². The van der Waals surface area contributed by atoms with Crippen LogP contribution in [0.5, 0.6) is 0 Å². The number of halogens is 1. The Kier molecular flexibility index (Phi) is 4.39. The molecule has 1 N–H and O–H groups in total. The summed E-state index contributed by atoms with van der Waals surface area (Å²) in [5, 5.41) is 11.8. The topological polar surface area (TPSA) is 57.6 Å². The highest BCUT2D eigenvalue weighted by molar-refractivity contribution is 7.13. The number of carbonyl (C=O) groups excluding carboxylic acids is 1. The zero-order valence-electron chi connectivity index (χ0n) is 11.6. The number of nitrogens with zero attached hydrogens (tertiary/aromatic N) is 1. The first kappa shape index (κ1) is 15.3. The normalized spacial score (nSPS) is 22.2. The molecule has 0 radical (unpaired) electrons. The predicted molar refractivity (Wildman–Crippen MR) is 79.6 cm³/mol. The first-order valence-electron chi connectivity index (χ1n) is 6.67. The van der Waals surface area contributed by atoms with Crippen LogP contribution in [0.3, 0.4) is 0 Å². The third-order valence-corrected chi connectivity index (χ3v) is 5.60. The number of rotatable bonds is 4. The van der Waals surface area contributed by atoms with Gasteiger partial charge in [0.25, 0.3) is 5.91 Å². The average molecular weight is 316 g/mol. The number of aryl methyl sites for hydroxylation is 1. The first-order valence-corrected chi connectivity index (χ1v) is 7.93. The number of aliphatic carboxylic acids is 1. The van der Waals surface area contributed by atoms with Crippen molar-refractivity contribution >= 4 is 34.8 Å². The molecule has 1 saturated heterocycles. The number of hydrogen-bond acceptors (Lipinski definition) is 3. The summed E-state index contributed by atoms with van der Waals surface area (Å²) in [5.74, 6) is -0.949. The summed E-state index contributed by atoms with van der Waals surface area (Å²) in [7, 11) is 0. The summed E-state index contributed by atoms with van der Waals surface area (Å²) >= 11 is 7.45. The van der Waals surface area contributed by atoms with E-state index in [2.05, 4.69) is 0 Å². The molecule has 1 aliphatic heterocycles. The van der Waals surface area contributed by atoms with E-state index in [9.17, 15) is 14.7 Å². The Labute approximate surface area is 127 Å². The van der Waals surface area contributed by atoms with Crippen LogP contribution in [0.15, 0.2) is 5.38 Å². The van der Waals surface area contributed by atoms with Crippen LogP contribution < -0.4 is 0 Å². The standard InChI is InChI=1S/C14H18ClNO3S/c1-3-4-14(13(18)19)5-6-16(8-14)12(17)11-10(15)9(2)7-20-11/h7H,3-6,8H2,1-2H3,(H,18,19). The molecule has 1 unspecified atom stereocenters. The molecule has 110 valence electrons. The van der Waals surface area contributed by atoms with Crippen molar-refractivity contribution in [3.8, 4) is 0 Å². The van der Waals surface area contributed by atoms with Crippen LogP contribution in [-0.2, 0) is 4.79 Å². The number of thiophene rings is 1. The lowest BCUT2D eigenvalue weighted by atomic mass is 9.83. The maximum absolute atomic E-state index is 12.5. The van der Waals surface area contributed by atoms with Gasteiger partial charge in [0.05, 0.1) is 10.4 Å². The minimum atomic E-state index is -0.803. The van der Waals surface area contributed by atoms with E-state index >= 15 is 0 Å². The third-order valence-electron chi connectivity index (χ3n) is 3.92. The molecule has 20 heavy (non-hydrogen) atoms. The number of carbonyl (C=O) groups is 2. The number of amides is 1. The van der Waals surface area contributed by atoms with Crippen LogP contribution in [0.25, 0.3) is 0 Å². The molecular formula is C14H18ClNO3S. The Morgan fingerprint density at radius 2 is 2.25 bits per heavy atom. The smallest absolute Gasteiger partial charge is 0.311 e. The van der Waals surface area contributed by atoms with Gasteiger partial charge in [-0.15, -0.1) is 11.3 Å². The molecule has 1 atom stereocenters. The van der Waals surface area contributed by atoms with Crippen LogP contribution in [-0.4, -0.2) is 35.0 Å². The fourth-order valence-electron chi connectivity index (χ4n) is 2.73. The highest BCUT2D eigenvalue weighted by Gasteiger charge is 2.45. The summed E-state index contributed by atoms with van der Waals surface area (Å²) in [6, 6.07) is 0. The highest BCUT2D eigenvalue weighted by Crippen LogP contribution is 2.37. The van der Waals surface area contributed by atoms with Crippen molar-refractivity contribution in [2.75, 3.05) is 13.1 Å². The molecular weight excluding hydrogens is 298 g/mol. The molecule has 6 heteroatoms. The minimum Gasteiger partial charge on any atom is -0.481 e. The second-order valence-corrected chi connectivity index (χ2v) is 6.63. The highest BCUT2D eigenvalue weighted by atomic mass is 35.5. The van der Waals surface area contributed by atoms with Gasteiger partial charge >= 0.3 is 5.97 Å². The fraction of sp³-hybridized carbons (Fsp3) is 0.571. The number of carboxylic acids is 1. The van der Waals surface area contributed by atoms with E-state index in [4.69, 9.17) is 11.6 Å². The van der Waals surface area contributed by atoms with Gasteiger partial charge in [-0.25, -0.2) is 0 Å². The fourth-order valence-corrected chi connectivity index (χ4v) is 3.97. The molecule has 2 rings (SSSR count). The summed E-state index contributed by atoms with van der Waals surface area (Å²) in [4.78, 5) is 26.1. The summed E-state index contributed by atoms with van der Waals surface area (Å²) in [6.45, 7) is 4.59. The molecule has 4 nitrogen and oxygen atoms in total. The number of hydrogen-bond donors (Lipinski definition) is 1. The molecule has 1 aromatic rings. The van der Waals surface area contributed by atoms with Crippen molar-refractivity contribution in [2.24, 2.45) is 5.41 Å². The van der Waals surface area contributed by atoms with Gasteiger partial charge in [-0.1, -0.05) is 24.9 Å².